The van der Waals surface area contributed by atoms with Crippen molar-refractivity contribution in [3.05, 3.63) is 88.4 Å². The normalized spacial score (nSPS) is 16.8. The van der Waals surface area contributed by atoms with E-state index in [0.29, 0.717) is 6.04 Å². The van der Waals surface area contributed by atoms with E-state index in [-0.39, 0.29) is 5.91 Å². The molecule has 1 amide bonds. The maximum atomic E-state index is 13.9. The molecule has 7 heteroatoms. The Morgan fingerprint density at radius 2 is 1.68 bits per heavy atom. The standard InChI is InChI=1S/C33H39N5OS/c1-24-11-9-10-16-29(24)34-33-35-30(23-40-33)31-21-28(25(2)38(31)27-14-7-4-8-15-27)32(39)37-19-17-36(18-20-37)22-26-12-5-3-6-13-26/h3,5-6,9-13,16,21,23,27H,4,7-8,14-15,17-20,22H2,1-2H3,(H,34,35). The fourth-order valence-corrected chi connectivity index (χ4v) is 6.96. The number of thiazole rings is 1. The van der Waals surface area contributed by atoms with Gasteiger partial charge >= 0.3 is 0 Å². The lowest BCUT2D eigenvalue weighted by atomic mass is 9.95. The summed E-state index contributed by atoms with van der Waals surface area (Å²) in [5, 5.41) is 6.50. The van der Waals surface area contributed by atoms with Crippen LogP contribution in [0.1, 0.15) is 65.3 Å². The van der Waals surface area contributed by atoms with Crippen molar-refractivity contribution in [3.63, 3.8) is 0 Å². The van der Waals surface area contributed by atoms with Crippen LogP contribution in [-0.4, -0.2) is 51.4 Å². The van der Waals surface area contributed by atoms with E-state index < -0.39 is 0 Å². The predicted octanol–water partition coefficient (Wildman–Crippen LogP) is 7.44. The average Bonchev–Trinajstić information content (AvgIpc) is 3.59. The van der Waals surface area contributed by atoms with Crippen molar-refractivity contribution in [2.75, 3.05) is 31.5 Å². The van der Waals surface area contributed by atoms with Crippen LogP contribution in [-0.2, 0) is 6.54 Å². The lowest BCUT2D eigenvalue weighted by Gasteiger charge is -2.35. The second kappa shape index (κ2) is 12.0. The first kappa shape index (κ1) is 26.8. The summed E-state index contributed by atoms with van der Waals surface area (Å²) in [6, 6.07) is 21.4. The van der Waals surface area contributed by atoms with Crippen molar-refractivity contribution < 1.29 is 4.79 Å². The molecule has 0 radical (unpaired) electrons. The van der Waals surface area contributed by atoms with E-state index in [0.717, 1.165) is 79.0 Å². The van der Waals surface area contributed by atoms with E-state index in [1.54, 1.807) is 11.3 Å². The Balaban J connectivity index is 1.23. The molecule has 0 atom stereocenters. The summed E-state index contributed by atoms with van der Waals surface area (Å²) in [6.07, 6.45) is 6.10. The SMILES string of the molecule is Cc1ccccc1Nc1nc(-c2cc(C(=O)N3CCN(Cc4ccccc4)CC3)c(C)n2C2CCCCC2)cs1. The number of rotatable bonds is 7. The topological polar surface area (TPSA) is 53.4 Å². The van der Waals surface area contributed by atoms with E-state index in [2.05, 4.69) is 88.6 Å². The number of hydrogen-bond acceptors (Lipinski definition) is 5. The molecule has 2 aliphatic rings. The zero-order valence-electron chi connectivity index (χ0n) is 23.6. The smallest absolute Gasteiger partial charge is 0.255 e. The van der Waals surface area contributed by atoms with Gasteiger partial charge in [0.2, 0.25) is 0 Å². The summed E-state index contributed by atoms with van der Waals surface area (Å²) in [5.41, 5.74) is 7.53. The number of benzene rings is 2. The molecule has 40 heavy (non-hydrogen) atoms. The number of piperazine rings is 1. The minimum absolute atomic E-state index is 0.154. The van der Waals surface area contributed by atoms with Gasteiger partial charge in [0.1, 0.15) is 0 Å². The Labute approximate surface area is 241 Å². The molecule has 0 bridgehead atoms. The molecule has 6 rings (SSSR count). The summed E-state index contributed by atoms with van der Waals surface area (Å²) < 4.78 is 2.44. The highest BCUT2D eigenvalue weighted by atomic mass is 32.1. The van der Waals surface area contributed by atoms with Gasteiger partial charge in [0.15, 0.2) is 5.13 Å². The number of hydrogen-bond donors (Lipinski definition) is 1. The van der Waals surface area contributed by atoms with Gasteiger partial charge < -0.3 is 14.8 Å². The molecule has 1 saturated carbocycles. The Bertz CT molecular complexity index is 1440. The van der Waals surface area contributed by atoms with Crippen molar-refractivity contribution in [3.8, 4) is 11.4 Å². The van der Waals surface area contributed by atoms with Gasteiger partial charge in [0.25, 0.3) is 5.91 Å². The number of aryl methyl sites for hydroxylation is 1. The first-order valence-corrected chi connectivity index (χ1v) is 15.5. The molecule has 0 spiro atoms. The van der Waals surface area contributed by atoms with Gasteiger partial charge in [-0.2, -0.15) is 0 Å². The Hall–Kier alpha value is -3.42. The molecule has 1 aliphatic heterocycles. The Morgan fingerprint density at radius 1 is 0.950 bits per heavy atom. The summed E-state index contributed by atoms with van der Waals surface area (Å²) in [7, 11) is 0. The van der Waals surface area contributed by atoms with Crippen LogP contribution in [0.4, 0.5) is 10.8 Å². The summed E-state index contributed by atoms with van der Waals surface area (Å²) in [6.45, 7) is 8.49. The fraction of sp³-hybridized carbons (Fsp3) is 0.394. The molecule has 0 unspecified atom stereocenters. The average molecular weight is 554 g/mol. The lowest BCUT2D eigenvalue weighted by molar-refractivity contribution is 0.0627. The van der Waals surface area contributed by atoms with Gasteiger partial charge in [-0.3, -0.25) is 9.69 Å². The monoisotopic (exact) mass is 553 g/mol. The molecule has 3 heterocycles. The highest BCUT2D eigenvalue weighted by Gasteiger charge is 2.29. The number of nitrogens with one attached hydrogen (secondary N) is 1. The number of aromatic nitrogens is 2. The first-order valence-electron chi connectivity index (χ1n) is 14.6. The number of carbonyl (C=O) groups is 1. The van der Waals surface area contributed by atoms with E-state index in [4.69, 9.17) is 4.98 Å². The third kappa shape index (κ3) is 5.72. The van der Waals surface area contributed by atoms with Gasteiger partial charge in [-0.15, -0.1) is 11.3 Å². The van der Waals surface area contributed by atoms with Crippen molar-refractivity contribution in [2.45, 2.75) is 58.5 Å². The second-order valence-electron chi connectivity index (χ2n) is 11.2. The van der Waals surface area contributed by atoms with Crippen LogP contribution < -0.4 is 5.32 Å². The van der Waals surface area contributed by atoms with Crippen LogP contribution in [0.25, 0.3) is 11.4 Å². The Morgan fingerprint density at radius 3 is 2.42 bits per heavy atom. The fourth-order valence-electron chi connectivity index (χ4n) is 6.24. The minimum Gasteiger partial charge on any atom is -0.340 e. The second-order valence-corrected chi connectivity index (χ2v) is 12.1. The van der Waals surface area contributed by atoms with Crippen LogP contribution >= 0.6 is 11.3 Å². The number of para-hydroxylation sites is 1. The summed E-state index contributed by atoms with van der Waals surface area (Å²) in [4.78, 5) is 23.4. The van der Waals surface area contributed by atoms with Crippen LogP contribution in [0.5, 0.6) is 0 Å². The number of amides is 1. The molecule has 1 saturated heterocycles. The number of carbonyl (C=O) groups excluding carboxylic acids is 1. The van der Waals surface area contributed by atoms with E-state index >= 15 is 0 Å². The van der Waals surface area contributed by atoms with Gasteiger partial charge in [-0.05, 0) is 49.9 Å². The first-order chi connectivity index (χ1) is 19.6. The van der Waals surface area contributed by atoms with Crippen molar-refractivity contribution >= 4 is 28.1 Å². The zero-order chi connectivity index (χ0) is 27.5. The van der Waals surface area contributed by atoms with E-state index in [1.165, 1.54) is 30.4 Å². The summed E-state index contributed by atoms with van der Waals surface area (Å²) >= 11 is 1.62. The van der Waals surface area contributed by atoms with Gasteiger partial charge in [0, 0.05) is 55.5 Å². The van der Waals surface area contributed by atoms with Crippen molar-refractivity contribution in [1.29, 1.82) is 0 Å². The molecule has 6 nitrogen and oxygen atoms in total. The molecule has 1 N–H and O–H groups in total. The molecule has 4 aromatic rings. The largest absolute Gasteiger partial charge is 0.340 e. The van der Waals surface area contributed by atoms with Crippen molar-refractivity contribution in [2.24, 2.45) is 0 Å². The van der Waals surface area contributed by atoms with Gasteiger partial charge in [0.05, 0.1) is 17.0 Å². The molecule has 208 valence electrons. The van der Waals surface area contributed by atoms with Crippen molar-refractivity contribution in [1.82, 2.24) is 19.4 Å². The van der Waals surface area contributed by atoms with Crippen LogP contribution in [0.3, 0.4) is 0 Å². The van der Waals surface area contributed by atoms with Gasteiger partial charge in [-0.25, -0.2) is 4.98 Å². The van der Waals surface area contributed by atoms with Crippen LogP contribution in [0.2, 0.25) is 0 Å². The summed E-state index contributed by atoms with van der Waals surface area (Å²) in [5.74, 6) is 0.154. The minimum atomic E-state index is 0.154. The molecule has 2 aromatic carbocycles. The Kier molecular flexibility index (Phi) is 8.03. The highest BCUT2D eigenvalue weighted by Crippen LogP contribution is 2.38. The molecular formula is C33H39N5OS. The zero-order valence-corrected chi connectivity index (χ0v) is 24.4. The van der Waals surface area contributed by atoms with Crippen LogP contribution in [0.15, 0.2) is 66.0 Å². The van der Waals surface area contributed by atoms with Gasteiger partial charge in [-0.1, -0.05) is 67.8 Å². The van der Waals surface area contributed by atoms with Crippen LogP contribution in [0, 0.1) is 13.8 Å². The van der Waals surface area contributed by atoms with E-state index in [9.17, 15) is 4.79 Å². The third-order valence-electron chi connectivity index (χ3n) is 8.52. The molecule has 2 aromatic heterocycles. The van der Waals surface area contributed by atoms with E-state index in [1.807, 2.05) is 11.0 Å². The molecular weight excluding hydrogens is 514 g/mol. The number of anilines is 2. The molecule has 2 fully saturated rings. The maximum Gasteiger partial charge on any atom is 0.255 e. The highest BCUT2D eigenvalue weighted by molar-refractivity contribution is 7.14. The molecule has 1 aliphatic carbocycles. The third-order valence-corrected chi connectivity index (χ3v) is 9.28. The predicted molar refractivity (Wildman–Crippen MR) is 164 cm³/mol. The maximum absolute atomic E-state index is 13.9. The number of nitrogens with zero attached hydrogens (tertiary/aromatic N) is 4. The lowest BCUT2D eigenvalue weighted by Crippen LogP contribution is -2.48. The quantitative estimate of drug-likeness (QED) is 0.259.